The summed E-state index contributed by atoms with van der Waals surface area (Å²) < 4.78 is 17.9. The number of aromatic nitrogens is 1. The van der Waals surface area contributed by atoms with Crippen LogP contribution in [-0.2, 0) is 29.6 Å². The molecule has 0 bridgehead atoms. The molecule has 2 atom stereocenters. The van der Waals surface area contributed by atoms with Gasteiger partial charge >= 0.3 is 5.97 Å². The van der Waals surface area contributed by atoms with Crippen LogP contribution in [0.15, 0.2) is 97.1 Å². The van der Waals surface area contributed by atoms with E-state index in [9.17, 15) is 4.79 Å². The summed E-state index contributed by atoms with van der Waals surface area (Å²) in [5, 5.41) is 1.85. The third-order valence-corrected chi connectivity index (χ3v) is 8.63. The second-order valence-electron chi connectivity index (χ2n) is 10.8. The van der Waals surface area contributed by atoms with Crippen molar-refractivity contribution in [1.29, 1.82) is 0 Å². The van der Waals surface area contributed by atoms with E-state index < -0.39 is 11.4 Å². The first-order valence-electron chi connectivity index (χ1n) is 14.2. The molecule has 0 fully saturated rings. The van der Waals surface area contributed by atoms with Crippen LogP contribution < -0.4 is 9.47 Å². The molecule has 5 heteroatoms. The van der Waals surface area contributed by atoms with Crippen LogP contribution in [0.3, 0.4) is 0 Å². The van der Waals surface area contributed by atoms with Gasteiger partial charge in [0.1, 0.15) is 12.3 Å². The Morgan fingerprint density at radius 1 is 0.902 bits per heavy atom. The zero-order valence-corrected chi connectivity index (χ0v) is 23.2. The molecule has 0 amide bonds. The summed E-state index contributed by atoms with van der Waals surface area (Å²) in [6.07, 6.45) is 1.77. The Kier molecular flexibility index (Phi) is 6.23. The standard InChI is InChI=1S/C36H31NO4/c1-3-40-35(38)30-21-28-32-25(20-31(39-2)33(28)41-22-23-12-6-4-7-13-23)19-27-18-24-14-10-11-17-29(24)36(27,34(32)37-30)26-15-8-5-9-16-26/h4-17,20-21,27H,3,18-19,22H2,1-2H3/t27-,36+/m0/s1. The molecule has 0 saturated carbocycles. The van der Waals surface area contributed by atoms with Gasteiger partial charge in [0.05, 0.1) is 24.8 Å². The smallest absolute Gasteiger partial charge is 0.356 e. The molecule has 0 N–H and O–H groups in total. The Bertz CT molecular complexity index is 1770. The predicted molar refractivity (Wildman–Crippen MR) is 159 cm³/mol. The lowest BCUT2D eigenvalue weighted by atomic mass is 9.61. The van der Waals surface area contributed by atoms with Gasteiger partial charge < -0.3 is 14.2 Å². The second-order valence-corrected chi connectivity index (χ2v) is 10.8. The van der Waals surface area contributed by atoms with Gasteiger partial charge in [-0.15, -0.1) is 0 Å². The van der Waals surface area contributed by atoms with E-state index in [2.05, 4.69) is 54.6 Å². The van der Waals surface area contributed by atoms with E-state index in [1.807, 2.05) is 49.4 Å². The Morgan fingerprint density at radius 3 is 2.37 bits per heavy atom. The minimum Gasteiger partial charge on any atom is -0.493 e. The molecule has 5 aromatic rings. The number of rotatable bonds is 7. The summed E-state index contributed by atoms with van der Waals surface area (Å²) in [4.78, 5) is 18.5. The quantitative estimate of drug-likeness (QED) is 0.207. The summed E-state index contributed by atoms with van der Waals surface area (Å²) >= 11 is 0. The molecule has 0 aliphatic heterocycles. The fourth-order valence-electron chi connectivity index (χ4n) is 7.03. The fourth-order valence-corrected chi connectivity index (χ4v) is 7.03. The monoisotopic (exact) mass is 541 g/mol. The van der Waals surface area contributed by atoms with Gasteiger partial charge in [0, 0.05) is 10.8 Å². The number of carbonyl (C=O) groups is 1. The molecule has 204 valence electrons. The van der Waals surface area contributed by atoms with Crippen LogP contribution in [0, 0.1) is 5.92 Å². The van der Waals surface area contributed by atoms with Crippen LogP contribution in [0.1, 0.15) is 50.9 Å². The summed E-state index contributed by atoms with van der Waals surface area (Å²) in [5.74, 6) is 1.04. The van der Waals surface area contributed by atoms with Gasteiger partial charge in [-0.1, -0.05) is 84.9 Å². The van der Waals surface area contributed by atoms with Gasteiger partial charge in [0.2, 0.25) is 0 Å². The number of ether oxygens (including phenoxy) is 3. The maximum atomic E-state index is 13.3. The number of nitrogens with zero attached hydrogens (tertiary/aromatic N) is 1. The molecule has 2 aliphatic carbocycles. The average Bonchev–Trinajstić information content (AvgIpc) is 3.36. The molecular formula is C36H31NO4. The van der Waals surface area contributed by atoms with Crippen molar-refractivity contribution in [2.24, 2.45) is 5.92 Å². The Balaban J connectivity index is 1.55. The SMILES string of the molecule is CCOC(=O)c1cc2c(OCc3ccccc3)c(OC)cc3c2c(n1)[C@@]1(c2ccccc2)c2ccccc2C[C@H]1C3. The van der Waals surface area contributed by atoms with E-state index >= 15 is 0 Å². The number of hydrogen-bond donors (Lipinski definition) is 0. The molecule has 41 heavy (non-hydrogen) atoms. The van der Waals surface area contributed by atoms with Gasteiger partial charge in [-0.05, 0) is 65.6 Å². The number of hydrogen-bond acceptors (Lipinski definition) is 5. The summed E-state index contributed by atoms with van der Waals surface area (Å²) in [6.45, 7) is 2.45. The molecule has 0 unspecified atom stereocenters. The van der Waals surface area contributed by atoms with E-state index in [0.717, 1.165) is 40.4 Å². The van der Waals surface area contributed by atoms with E-state index in [1.165, 1.54) is 16.7 Å². The second kappa shape index (κ2) is 10.1. The maximum Gasteiger partial charge on any atom is 0.356 e. The van der Waals surface area contributed by atoms with Crippen molar-refractivity contribution in [3.8, 4) is 11.5 Å². The van der Waals surface area contributed by atoms with Crippen molar-refractivity contribution >= 4 is 16.7 Å². The topological polar surface area (TPSA) is 57.7 Å². The third kappa shape index (κ3) is 3.91. The molecule has 2 aliphatic rings. The molecule has 5 nitrogen and oxygen atoms in total. The van der Waals surface area contributed by atoms with E-state index in [0.29, 0.717) is 18.1 Å². The van der Waals surface area contributed by atoms with Crippen LogP contribution in [0.25, 0.3) is 10.8 Å². The van der Waals surface area contributed by atoms with E-state index in [-0.39, 0.29) is 18.2 Å². The number of esters is 1. The van der Waals surface area contributed by atoms with Crippen LogP contribution in [0.2, 0.25) is 0 Å². The highest BCUT2D eigenvalue weighted by Gasteiger charge is 2.53. The highest BCUT2D eigenvalue weighted by Crippen LogP contribution is 2.58. The first-order chi connectivity index (χ1) is 20.1. The largest absolute Gasteiger partial charge is 0.493 e. The number of methoxy groups -OCH3 is 1. The maximum absolute atomic E-state index is 13.3. The third-order valence-electron chi connectivity index (χ3n) is 8.63. The summed E-state index contributed by atoms with van der Waals surface area (Å²) in [7, 11) is 1.67. The molecule has 0 saturated heterocycles. The number of benzene rings is 4. The van der Waals surface area contributed by atoms with Gasteiger partial charge in [-0.3, -0.25) is 0 Å². The van der Waals surface area contributed by atoms with Crippen molar-refractivity contribution in [1.82, 2.24) is 4.98 Å². The molecular weight excluding hydrogens is 510 g/mol. The van der Waals surface area contributed by atoms with Gasteiger partial charge in [-0.2, -0.15) is 0 Å². The van der Waals surface area contributed by atoms with E-state index in [1.54, 1.807) is 7.11 Å². The average molecular weight is 542 g/mol. The Labute approximate surface area is 239 Å². The predicted octanol–water partition coefficient (Wildman–Crippen LogP) is 7.06. The minimum atomic E-state index is -0.517. The van der Waals surface area contributed by atoms with Crippen molar-refractivity contribution in [2.75, 3.05) is 13.7 Å². The molecule has 1 heterocycles. The Hall–Kier alpha value is -4.64. The summed E-state index contributed by atoms with van der Waals surface area (Å²) in [6, 6.07) is 33.3. The number of carbonyl (C=O) groups excluding carboxylic acids is 1. The molecule has 1 aromatic heterocycles. The molecule has 0 spiro atoms. The lowest BCUT2D eigenvalue weighted by Gasteiger charge is -2.42. The van der Waals surface area contributed by atoms with Crippen molar-refractivity contribution in [3.05, 3.63) is 136 Å². The normalized spacial score (nSPS) is 18.4. The van der Waals surface area contributed by atoms with Gasteiger partial charge in [0.15, 0.2) is 11.5 Å². The van der Waals surface area contributed by atoms with Crippen molar-refractivity contribution in [3.63, 3.8) is 0 Å². The van der Waals surface area contributed by atoms with Crippen LogP contribution >= 0.6 is 0 Å². The van der Waals surface area contributed by atoms with Crippen molar-refractivity contribution in [2.45, 2.75) is 31.8 Å². The molecule has 4 aromatic carbocycles. The van der Waals surface area contributed by atoms with Gasteiger partial charge in [-0.25, -0.2) is 9.78 Å². The van der Waals surface area contributed by atoms with Crippen LogP contribution in [0.5, 0.6) is 11.5 Å². The lowest BCUT2D eigenvalue weighted by molar-refractivity contribution is 0.0519. The minimum absolute atomic E-state index is 0.226. The lowest BCUT2D eigenvalue weighted by Crippen LogP contribution is -2.40. The molecule has 0 radical (unpaired) electrons. The van der Waals surface area contributed by atoms with Crippen LogP contribution in [-0.4, -0.2) is 24.7 Å². The van der Waals surface area contributed by atoms with E-state index in [4.69, 9.17) is 19.2 Å². The summed E-state index contributed by atoms with van der Waals surface area (Å²) in [5.41, 5.74) is 6.59. The Morgan fingerprint density at radius 2 is 1.61 bits per heavy atom. The fraction of sp³-hybridized carbons (Fsp3) is 0.222. The van der Waals surface area contributed by atoms with Gasteiger partial charge in [0.25, 0.3) is 0 Å². The van der Waals surface area contributed by atoms with Crippen LogP contribution in [0.4, 0.5) is 0 Å². The first kappa shape index (κ1) is 25.3. The number of pyridine rings is 1. The first-order valence-corrected chi connectivity index (χ1v) is 14.2. The highest BCUT2D eigenvalue weighted by molar-refractivity contribution is 6.01. The zero-order valence-electron chi connectivity index (χ0n) is 23.2. The van der Waals surface area contributed by atoms with Crippen molar-refractivity contribution < 1.29 is 19.0 Å². The molecule has 7 rings (SSSR count). The number of fused-ring (bicyclic) bond motifs is 4. The zero-order chi connectivity index (χ0) is 28.0. The highest BCUT2D eigenvalue weighted by atomic mass is 16.5.